The van der Waals surface area contributed by atoms with Gasteiger partial charge in [0.1, 0.15) is 11.2 Å². The number of morpholine rings is 1. The van der Waals surface area contributed by atoms with Crippen LogP contribution < -0.4 is 9.80 Å². The van der Waals surface area contributed by atoms with E-state index in [4.69, 9.17) is 4.74 Å². The van der Waals surface area contributed by atoms with Crippen LogP contribution in [0.4, 0.5) is 11.5 Å². The molecule has 2 aromatic rings. The van der Waals surface area contributed by atoms with Crippen molar-refractivity contribution in [1.82, 2.24) is 19.7 Å². The topological polar surface area (TPSA) is 105 Å². The minimum atomic E-state index is -3.56. The summed E-state index contributed by atoms with van der Waals surface area (Å²) >= 11 is 0. The fraction of sp³-hybridized carbons (Fsp3) is 0.533. The van der Waals surface area contributed by atoms with Crippen LogP contribution in [0.1, 0.15) is 0 Å². The van der Waals surface area contributed by atoms with Crippen molar-refractivity contribution in [3.05, 3.63) is 24.7 Å². The second kappa shape index (κ2) is 7.17. The van der Waals surface area contributed by atoms with Gasteiger partial charge in [-0.25, -0.2) is 8.42 Å². The standard InChI is InChI=1S/C15H20N6O4S/c22-26(23,14-11-17-25-12-14)21-3-1-20(2-4-21)15-9-13(10-16-18-15)19-5-7-24-8-6-19/h9-12H,1-8H2. The summed E-state index contributed by atoms with van der Waals surface area (Å²) in [5.41, 5.74) is 1.01. The van der Waals surface area contributed by atoms with Crippen LogP contribution in [-0.2, 0) is 14.8 Å². The molecule has 0 spiro atoms. The first-order valence-corrected chi connectivity index (χ1v) is 9.88. The minimum Gasteiger partial charge on any atom is -0.378 e. The highest BCUT2D eigenvalue weighted by Crippen LogP contribution is 2.23. The molecule has 2 aliphatic rings. The minimum absolute atomic E-state index is 0.0834. The Balaban J connectivity index is 1.43. The molecule has 0 saturated carbocycles. The van der Waals surface area contributed by atoms with E-state index in [9.17, 15) is 8.42 Å². The van der Waals surface area contributed by atoms with Gasteiger partial charge in [0.25, 0.3) is 0 Å². The van der Waals surface area contributed by atoms with E-state index >= 15 is 0 Å². The van der Waals surface area contributed by atoms with Crippen LogP contribution in [0.15, 0.2) is 34.1 Å². The van der Waals surface area contributed by atoms with E-state index in [2.05, 4.69) is 29.7 Å². The Morgan fingerprint density at radius 3 is 2.42 bits per heavy atom. The molecule has 0 atom stereocenters. The van der Waals surface area contributed by atoms with Gasteiger partial charge in [-0.3, -0.25) is 0 Å². The first-order valence-electron chi connectivity index (χ1n) is 8.44. The molecule has 0 radical (unpaired) electrons. The van der Waals surface area contributed by atoms with Crippen LogP contribution in [0.25, 0.3) is 0 Å². The molecule has 0 aromatic carbocycles. The van der Waals surface area contributed by atoms with Crippen LogP contribution in [-0.4, -0.2) is 80.6 Å². The number of piperazine rings is 1. The van der Waals surface area contributed by atoms with E-state index in [0.717, 1.165) is 30.9 Å². The summed E-state index contributed by atoms with van der Waals surface area (Å²) in [5, 5.41) is 11.8. The number of rotatable bonds is 4. The van der Waals surface area contributed by atoms with Gasteiger partial charge < -0.3 is 19.1 Å². The molecule has 0 N–H and O–H groups in total. The van der Waals surface area contributed by atoms with Crippen LogP contribution in [0.5, 0.6) is 0 Å². The summed E-state index contributed by atoms with van der Waals surface area (Å²) < 4.78 is 36.5. The summed E-state index contributed by atoms with van der Waals surface area (Å²) in [5.74, 6) is 0.760. The molecule has 2 aromatic heterocycles. The largest absolute Gasteiger partial charge is 0.378 e. The first-order chi connectivity index (χ1) is 12.6. The number of hydrogen-bond acceptors (Lipinski definition) is 9. The zero-order chi connectivity index (χ0) is 18.0. The molecule has 2 saturated heterocycles. The quantitative estimate of drug-likeness (QED) is 0.714. The highest BCUT2D eigenvalue weighted by atomic mass is 32.2. The van der Waals surface area contributed by atoms with Gasteiger partial charge in [0, 0.05) is 45.3 Å². The van der Waals surface area contributed by atoms with Crippen molar-refractivity contribution in [1.29, 1.82) is 0 Å². The maximum atomic E-state index is 12.5. The maximum Gasteiger partial charge on any atom is 0.248 e. The SMILES string of the molecule is O=S(=O)(c1cnoc1)N1CCN(c2cc(N3CCOCC3)cnn2)CC1. The smallest absolute Gasteiger partial charge is 0.248 e. The van der Waals surface area contributed by atoms with E-state index < -0.39 is 10.0 Å². The molecule has 0 unspecified atom stereocenters. The normalized spacial score (nSPS) is 19.7. The van der Waals surface area contributed by atoms with Crippen LogP contribution in [0, 0.1) is 0 Å². The Morgan fingerprint density at radius 2 is 1.73 bits per heavy atom. The molecule has 0 aliphatic carbocycles. The fourth-order valence-corrected chi connectivity index (χ4v) is 4.41. The number of nitrogens with zero attached hydrogens (tertiary/aromatic N) is 6. The van der Waals surface area contributed by atoms with E-state index in [1.807, 2.05) is 6.07 Å². The Hall–Kier alpha value is -2.24. The first kappa shape index (κ1) is 17.2. The van der Waals surface area contributed by atoms with Gasteiger partial charge in [0.2, 0.25) is 10.0 Å². The van der Waals surface area contributed by atoms with Crippen molar-refractivity contribution in [2.75, 3.05) is 62.3 Å². The van der Waals surface area contributed by atoms with E-state index in [1.165, 1.54) is 10.5 Å². The number of anilines is 2. The molecule has 10 nitrogen and oxygen atoms in total. The average molecular weight is 380 g/mol. The summed E-state index contributed by atoms with van der Waals surface area (Å²) in [6, 6.07) is 2.00. The lowest BCUT2D eigenvalue weighted by Crippen LogP contribution is -2.49. The Labute approximate surface area is 151 Å². The highest BCUT2D eigenvalue weighted by Gasteiger charge is 2.30. The van der Waals surface area contributed by atoms with Crippen molar-refractivity contribution < 1.29 is 17.7 Å². The molecule has 4 rings (SSSR count). The van der Waals surface area contributed by atoms with Gasteiger partial charge >= 0.3 is 0 Å². The van der Waals surface area contributed by atoms with Gasteiger partial charge in [0.15, 0.2) is 5.82 Å². The maximum absolute atomic E-state index is 12.5. The summed E-state index contributed by atoms with van der Waals surface area (Å²) in [6.45, 7) is 4.91. The van der Waals surface area contributed by atoms with Crippen molar-refractivity contribution in [2.45, 2.75) is 4.90 Å². The molecular formula is C15H20N6O4S. The molecule has 11 heteroatoms. The zero-order valence-corrected chi connectivity index (χ0v) is 15.0. The Kier molecular flexibility index (Phi) is 4.74. The van der Waals surface area contributed by atoms with Crippen molar-refractivity contribution in [3.63, 3.8) is 0 Å². The van der Waals surface area contributed by atoms with Crippen molar-refractivity contribution in [3.8, 4) is 0 Å². The molecule has 4 heterocycles. The number of hydrogen-bond donors (Lipinski definition) is 0. The lowest BCUT2D eigenvalue weighted by Gasteiger charge is -2.34. The van der Waals surface area contributed by atoms with Crippen LogP contribution in [0.2, 0.25) is 0 Å². The molecule has 26 heavy (non-hydrogen) atoms. The zero-order valence-electron chi connectivity index (χ0n) is 14.2. The number of ether oxygens (including phenoxy) is 1. The molecule has 0 bridgehead atoms. The second-order valence-corrected chi connectivity index (χ2v) is 8.06. The summed E-state index contributed by atoms with van der Waals surface area (Å²) in [6.07, 6.45) is 4.12. The van der Waals surface area contributed by atoms with Gasteiger partial charge in [0.05, 0.1) is 31.3 Å². The van der Waals surface area contributed by atoms with Gasteiger partial charge in [-0.2, -0.15) is 9.40 Å². The molecule has 140 valence electrons. The van der Waals surface area contributed by atoms with E-state index in [0.29, 0.717) is 39.4 Å². The van der Waals surface area contributed by atoms with Gasteiger partial charge in [-0.1, -0.05) is 5.16 Å². The Bertz CT molecular complexity index is 830. The number of aromatic nitrogens is 3. The third-order valence-corrected chi connectivity index (χ3v) is 6.46. The summed E-state index contributed by atoms with van der Waals surface area (Å²) in [7, 11) is -3.56. The third kappa shape index (κ3) is 3.37. The monoisotopic (exact) mass is 380 g/mol. The Morgan fingerprint density at radius 1 is 0.962 bits per heavy atom. The molecule has 0 amide bonds. The molecule has 2 fully saturated rings. The van der Waals surface area contributed by atoms with Crippen molar-refractivity contribution in [2.24, 2.45) is 0 Å². The lowest BCUT2D eigenvalue weighted by atomic mass is 10.3. The molecular weight excluding hydrogens is 360 g/mol. The lowest BCUT2D eigenvalue weighted by molar-refractivity contribution is 0.122. The van der Waals surface area contributed by atoms with Crippen LogP contribution >= 0.6 is 0 Å². The third-order valence-electron chi connectivity index (χ3n) is 4.61. The van der Waals surface area contributed by atoms with E-state index in [1.54, 1.807) is 6.20 Å². The second-order valence-electron chi connectivity index (χ2n) is 6.12. The highest BCUT2D eigenvalue weighted by molar-refractivity contribution is 7.89. The summed E-state index contributed by atoms with van der Waals surface area (Å²) in [4.78, 5) is 4.35. The van der Waals surface area contributed by atoms with Gasteiger partial charge in [-0.05, 0) is 0 Å². The predicted octanol–water partition coefficient (Wildman–Crippen LogP) is -0.188. The molecule has 2 aliphatic heterocycles. The predicted molar refractivity (Wildman–Crippen MR) is 92.5 cm³/mol. The average Bonchev–Trinajstić information content (AvgIpc) is 3.25. The van der Waals surface area contributed by atoms with Crippen LogP contribution in [0.3, 0.4) is 0 Å². The van der Waals surface area contributed by atoms with Crippen molar-refractivity contribution >= 4 is 21.5 Å². The fourth-order valence-electron chi connectivity index (χ4n) is 3.12. The van der Waals surface area contributed by atoms with Gasteiger partial charge in [-0.15, -0.1) is 5.10 Å². The van der Waals surface area contributed by atoms with E-state index in [-0.39, 0.29) is 4.90 Å². The number of sulfonamides is 1.